The molecular formula is C14H26N2O3. The number of nitrogens with one attached hydrogen (secondary N) is 1. The molecule has 1 aliphatic rings. The molecule has 0 aromatic heterocycles. The largest absolute Gasteiger partial charge is 0.480 e. The summed E-state index contributed by atoms with van der Waals surface area (Å²) in [6, 6.07) is -1.01. The highest BCUT2D eigenvalue weighted by Crippen LogP contribution is 2.20. The molecule has 1 aliphatic heterocycles. The van der Waals surface area contributed by atoms with Crippen LogP contribution in [0.5, 0.6) is 0 Å². The normalized spacial score (nSPS) is 18.4. The average molecular weight is 270 g/mol. The van der Waals surface area contributed by atoms with Crippen molar-refractivity contribution < 1.29 is 14.7 Å². The lowest BCUT2D eigenvalue weighted by atomic mass is 9.95. The zero-order valence-electron chi connectivity index (χ0n) is 12.2. The predicted octanol–water partition coefficient (Wildman–Crippen LogP) is 2.32. The Morgan fingerprint density at radius 2 is 1.89 bits per heavy atom. The summed E-state index contributed by atoms with van der Waals surface area (Å²) in [5, 5.41) is 11.8. The van der Waals surface area contributed by atoms with Crippen molar-refractivity contribution >= 4 is 12.0 Å². The smallest absolute Gasteiger partial charge is 0.326 e. The lowest BCUT2D eigenvalue weighted by Crippen LogP contribution is -2.50. The zero-order valence-corrected chi connectivity index (χ0v) is 12.2. The number of likely N-dealkylation sites (tertiary alicyclic amines) is 1. The van der Waals surface area contributed by atoms with Gasteiger partial charge in [-0.05, 0) is 31.1 Å². The predicted molar refractivity (Wildman–Crippen MR) is 74.0 cm³/mol. The third-order valence-electron chi connectivity index (χ3n) is 3.78. The maximum absolute atomic E-state index is 12.0. The van der Waals surface area contributed by atoms with Crippen LogP contribution in [-0.2, 0) is 4.79 Å². The van der Waals surface area contributed by atoms with E-state index in [1.165, 1.54) is 0 Å². The molecule has 0 aromatic carbocycles. The topological polar surface area (TPSA) is 69.6 Å². The van der Waals surface area contributed by atoms with Crippen LogP contribution >= 0.6 is 0 Å². The van der Waals surface area contributed by atoms with Crippen LogP contribution in [0.4, 0.5) is 4.79 Å². The van der Waals surface area contributed by atoms with Crippen molar-refractivity contribution in [2.75, 3.05) is 13.1 Å². The molecule has 0 aliphatic carbocycles. The number of amides is 2. The monoisotopic (exact) mass is 270 g/mol. The van der Waals surface area contributed by atoms with Gasteiger partial charge in [0.15, 0.2) is 0 Å². The summed E-state index contributed by atoms with van der Waals surface area (Å²) in [6.45, 7) is 7.55. The van der Waals surface area contributed by atoms with E-state index in [0.29, 0.717) is 12.3 Å². The molecular weight excluding hydrogens is 244 g/mol. The molecule has 1 heterocycles. The summed E-state index contributed by atoms with van der Waals surface area (Å²) in [5.74, 6) is -0.00675. The van der Waals surface area contributed by atoms with E-state index >= 15 is 0 Å². The van der Waals surface area contributed by atoms with Crippen LogP contribution in [0.3, 0.4) is 0 Å². The maximum Gasteiger partial charge on any atom is 0.326 e. The van der Waals surface area contributed by atoms with Crippen LogP contribution < -0.4 is 5.32 Å². The van der Waals surface area contributed by atoms with Crippen molar-refractivity contribution in [2.24, 2.45) is 11.8 Å². The summed E-state index contributed by atoms with van der Waals surface area (Å²) in [7, 11) is 0. The van der Waals surface area contributed by atoms with E-state index in [9.17, 15) is 9.59 Å². The number of rotatable bonds is 5. The van der Waals surface area contributed by atoms with Gasteiger partial charge in [-0.2, -0.15) is 0 Å². The quantitative estimate of drug-likeness (QED) is 0.805. The number of hydrogen-bond donors (Lipinski definition) is 2. The van der Waals surface area contributed by atoms with E-state index in [2.05, 4.69) is 12.2 Å². The molecule has 19 heavy (non-hydrogen) atoms. The highest BCUT2D eigenvalue weighted by molar-refractivity contribution is 5.82. The molecule has 0 aromatic rings. The molecule has 0 spiro atoms. The summed E-state index contributed by atoms with van der Waals surface area (Å²) >= 11 is 0. The fourth-order valence-electron chi connectivity index (χ4n) is 2.48. The second-order valence-electron chi connectivity index (χ2n) is 5.81. The number of carbonyl (C=O) groups is 2. The molecule has 2 amide bonds. The molecule has 0 bridgehead atoms. The van der Waals surface area contributed by atoms with Crippen molar-refractivity contribution in [3.8, 4) is 0 Å². The second-order valence-corrected chi connectivity index (χ2v) is 5.81. The van der Waals surface area contributed by atoms with E-state index in [1.54, 1.807) is 4.90 Å². The number of nitrogens with zero attached hydrogens (tertiary/aromatic N) is 1. The van der Waals surface area contributed by atoms with Crippen LogP contribution in [0.2, 0.25) is 0 Å². The zero-order chi connectivity index (χ0) is 14.4. The standard InChI is InChI=1S/C14H26N2O3/c1-4-11-5-7-16(8-6-11)14(19)15-12(13(17)18)9-10(2)3/h10-12H,4-9H2,1-3H3,(H,15,19)(H,17,18)/t12-/m1/s1. The number of hydrogen-bond acceptors (Lipinski definition) is 2. The molecule has 110 valence electrons. The third-order valence-corrected chi connectivity index (χ3v) is 3.78. The summed E-state index contributed by atoms with van der Waals surface area (Å²) in [5.41, 5.74) is 0. The minimum absolute atomic E-state index is 0.234. The van der Waals surface area contributed by atoms with Gasteiger partial charge in [0, 0.05) is 13.1 Å². The van der Waals surface area contributed by atoms with Gasteiger partial charge in [0.05, 0.1) is 0 Å². The van der Waals surface area contributed by atoms with Gasteiger partial charge in [-0.25, -0.2) is 9.59 Å². The summed E-state index contributed by atoms with van der Waals surface area (Å²) in [4.78, 5) is 24.9. The number of piperidine rings is 1. The van der Waals surface area contributed by atoms with Gasteiger partial charge in [-0.15, -0.1) is 0 Å². The Morgan fingerprint density at radius 3 is 2.32 bits per heavy atom. The number of carboxylic acid groups (broad SMARTS) is 1. The number of carboxylic acids is 1. The van der Waals surface area contributed by atoms with Crippen molar-refractivity contribution in [2.45, 2.75) is 52.5 Å². The Balaban J connectivity index is 2.46. The van der Waals surface area contributed by atoms with Crippen LogP contribution in [0, 0.1) is 11.8 Å². The van der Waals surface area contributed by atoms with E-state index in [-0.39, 0.29) is 11.9 Å². The van der Waals surface area contributed by atoms with Crippen LogP contribution in [0.25, 0.3) is 0 Å². The molecule has 1 rings (SSSR count). The molecule has 1 atom stereocenters. The van der Waals surface area contributed by atoms with Crippen molar-refractivity contribution in [3.05, 3.63) is 0 Å². The molecule has 0 radical (unpaired) electrons. The molecule has 1 saturated heterocycles. The van der Waals surface area contributed by atoms with Gasteiger partial charge in [-0.3, -0.25) is 0 Å². The second kappa shape index (κ2) is 7.36. The lowest BCUT2D eigenvalue weighted by Gasteiger charge is -2.32. The lowest BCUT2D eigenvalue weighted by molar-refractivity contribution is -0.139. The van der Waals surface area contributed by atoms with Crippen LogP contribution in [-0.4, -0.2) is 41.1 Å². The third kappa shape index (κ3) is 5.09. The first-order valence-corrected chi connectivity index (χ1v) is 7.22. The molecule has 0 saturated carbocycles. The molecule has 2 N–H and O–H groups in total. The maximum atomic E-state index is 12.0. The summed E-state index contributed by atoms with van der Waals surface area (Å²) in [6.07, 6.45) is 3.66. The first kappa shape index (κ1) is 15.8. The van der Waals surface area contributed by atoms with Crippen molar-refractivity contribution in [3.63, 3.8) is 0 Å². The van der Waals surface area contributed by atoms with E-state index in [1.807, 2.05) is 13.8 Å². The Hall–Kier alpha value is -1.26. The Labute approximate surface area is 115 Å². The van der Waals surface area contributed by atoms with E-state index in [0.717, 1.165) is 32.4 Å². The Kier molecular flexibility index (Phi) is 6.12. The molecule has 0 unspecified atom stereocenters. The van der Waals surface area contributed by atoms with Crippen LogP contribution in [0.1, 0.15) is 46.5 Å². The Bertz CT molecular complexity index is 310. The van der Waals surface area contributed by atoms with E-state index < -0.39 is 12.0 Å². The molecule has 5 nitrogen and oxygen atoms in total. The summed E-state index contributed by atoms with van der Waals surface area (Å²) < 4.78 is 0. The number of carbonyl (C=O) groups excluding carboxylic acids is 1. The fraction of sp³-hybridized carbons (Fsp3) is 0.857. The first-order chi connectivity index (χ1) is 8.93. The van der Waals surface area contributed by atoms with Crippen molar-refractivity contribution in [1.82, 2.24) is 10.2 Å². The van der Waals surface area contributed by atoms with E-state index in [4.69, 9.17) is 5.11 Å². The van der Waals surface area contributed by atoms with Gasteiger partial charge in [0.1, 0.15) is 6.04 Å². The minimum Gasteiger partial charge on any atom is -0.480 e. The van der Waals surface area contributed by atoms with Gasteiger partial charge in [-0.1, -0.05) is 27.2 Å². The van der Waals surface area contributed by atoms with Gasteiger partial charge in [0.2, 0.25) is 0 Å². The number of urea groups is 1. The van der Waals surface area contributed by atoms with Gasteiger partial charge >= 0.3 is 12.0 Å². The van der Waals surface area contributed by atoms with Gasteiger partial charge < -0.3 is 15.3 Å². The highest BCUT2D eigenvalue weighted by Gasteiger charge is 2.26. The van der Waals surface area contributed by atoms with Gasteiger partial charge in [0.25, 0.3) is 0 Å². The average Bonchev–Trinajstić information content (AvgIpc) is 2.37. The Morgan fingerprint density at radius 1 is 1.32 bits per heavy atom. The first-order valence-electron chi connectivity index (χ1n) is 7.22. The van der Waals surface area contributed by atoms with Crippen molar-refractivity contribution in [1.29, 1.82) is 0 Å². The number of aliphatic carboxylic acids is 1. The highest BCUT2D eigenvalue weighted by atomic mass is 16.4. The fourth-order valence-corrected chi connectivity index (χ4v) is 2.48. The minimum atomic E-state index is -0.953. The van der Waals surface area contributed by atoms with Crippen LogP contribution in [0.15, 0.2) is 0 Å². The molecule has 5 heteroatoms. The SMILES string of the molecule is CCC1CCN(C(=O)N[C@H](CC(C)C)C(=O)O)CC1. The molecule has 1 fully saturated rings.